The van der Waals surface area contributed by atoms with E-state index in [1.807, 2.05) is 13.8 Å². The number of carbonyl (C=O) groups is 1. The molecule has 1 N–H and O–H groups in total. The molecule has 0 fully saturated rings. The van der Waals surface area contributed by atoms with Crippen LogP contribution in [-0.4, -0.2) is 28.0 Å². The average molecular weight is 346 g/mol. The molecule has 0 heterocycles. The van der Waals surface area contributed by atoms with Gasteiger partial charge in [0.25, 0.3) is 0 Å². The number of sulfonamides is 1. The van der Waals surface area contributed by atoms with Crippen LogP contribution in [-0.2, 0) is 19.6 Å². The molecule has 5 nitrogen and oxygen atoms in total. The molecule has 0 unspecified atom stereocenters. The van der Waals surface area contributed by atoms with Gasteiger partial charge in [-0.25, -0.2) is 13.1 Å². The summed E-state index contributed by atoms with van der Waals surface area (Å²) in [4.78, 5) is 11.5. The zero-order valence-electron chi connectivity index (χ0n) is 12.8. The Morgan fingerprint density at radius 3 is 2.64 bits per heavy atom. The maximum atomic E-state index is 11.8. The lowest BCUT2D eigenvalue weighted by molar-refractivity contribution is -0.143. The summed E-state index contributed by atoms with van der Waals surface area (Å²) in [6.07, 6.45) is 3.37. The van der Waals surface area contributed by atoms with Gasteiger partial charge in [0.05, 0.1) is 17.9 Å². The summed E-state index contributed by atoms with van der Waals surface area (Å²) < 4.78 is 30.8. The SMILES string of the molecule is CNS(=O)(=O)c1cc(Cl)cc(C=CCC(=O)OCC(C)C)c1. The summed E-state index contributed by atoms with van der Waals surface area (Å²) in [5, 5.41) is 0.304. The van der Waals surface area contributed by atoms with Crippen molar-refractivity contribution in [3.05, 3.63) is 34.9 Å². The second-order valence-electron chi connectivity index (χ2n) is 5.11. The summed E-state index contributed by atoms with van der Waals surface area (Å²) in [5.41, 5.74) is 0.595. The first kappa shape index (κ1) is 18.7. The highest BCUT2D eigenvalue weighted by Gasteiger charge is 2.12. The van der Waals surface area contributed by atoms with Gasteiger partial charge >= 0.3 is 5.97 Å². The first-order valence-electron chi connectivity index (χ1n) is 6.81. The van der Waals surface area contributed by atoms with Crippen LogP contribution in [0.3, 0.4) is 0 Å². The van der Waals surface area contributed by atoms with Gasteiger partial charge in [-0.2, -0.15) is 0 Å². The van der Waals surface area contributed by atoms with Crippen LogP contribution in [0, 0.1) is 5.92 Å². The molecular formula is C15H20ClNO4S. The summed E-state index contributed by atoms with van der Waals surface area (Å²) in [7, 11) is -2.23. The molecule has 0 atom stereocenters. The van der Waals surface area contributed by atoms with Crippen LogP contribution in [0.25, 0.3) is 6.08 Å². The Hall–Kier alpha value is -1.37. The molecular weight excluding hydrogens is 326 g/mol. The lowest BCUT2D eigenvalue weighted by Gasteiger charge is -2.06. The van der Waals surface area contributed by atoms with Crippen molar-refractivity contribution < 1.29 is 17.9 Å². The van der Waals surface area contributed by atoms with Gasteiger partial charge in [-0.3, -0.25) is 4.79 Å². The molecule has 122 valence electrons. The standard InChI is InChI=1S/C15H20ClNO4S/c1-11(2)10-21-15(18)6-4-5-12-7-13(16)9-14(8-12)22(19,20)17-3/h4-5,7-9,11,17H,6,10H2,1-3H3. The Kier molecular flexibility index (Phi) is 7.06. The van der Waals surface area contributed by atoms with E-state index in [1.165, 1.54) is 19.2 Å². The molecule has 22 heavy (non-hydrogen) atoms. The Labute approximate surface area is 136 Å². The van der Waals surface area contributed by atoms with Gasteiger partial charge in [-0.1, -0.05) is 37.6 Å². The van der Waals surface area contributed by atoms with E-state index in [1.54, 1.807) is 18.2 Å². The minimum Gasteiger partial charge on any atom is -0.465 e. The monoisotopic (exact) mass is 345 g/mol. The molecule has 1 aromatic carbocycles. The number of ether oxygens (including phenoxy) is 1. The maximum Gasteiger partial charge on any atom is 0.309 e. The van der Waals surface area contributed by atoms with E-state index in [0.29, 0.717) is 17.2 Å². The molecule has 0 spiro atoms. The highest BCUT2D eigenvalue weighted by Crippen LogP contribution is 2.20. The third-order valence-corrected chi connectivity index (χ3v) is 4.26. The number of hydrogen-bond donors (Lipinski definition) is 1. The van der Waals surface area contributed by atoms with E-state index in [2.05, 4.69) is 4.72 Å². The van der Waals surface area contributed by atoms with Gasteiger partial charge in [0.2, 0.25) is 10.0 Å². The number of hydrogen-bond acceptors (Lipinski definition) is 4. The molecule has 0 aliphatic carbocycles. The van der Waals surface area contributed by atoms with Gasteiger partial charge in [0.1, 0.15) is 0 Å². The molecule has 1 rings (SSSR count). The maximum absolute atomic E-state index is 11.8. The van der Waals surface area contributed by atoms with Crippen molar-refractivity contribution in [3.63, 3.8) is 0 Å². The Balaban J connectivity index is 2.78. The second-order valence-corrected chi connectivity index (χ2v) is 7.43. The predicted octanol–water partition coefficient (Wildman–Crippen LogP) is 2.85. The predicted molar refractivity (Wildman–Crippen MR) is 87.1 cm³/mol. The highest BCUT2D eigenvalue weighted by molar-refractivity contribution is 7.89. The molecule has 0 aliphatic rings. The zero-order valence-corrected chi connectivity index (χ0v) is 14.4. The Morgan fingerprint density at radius 2 is 2.05 bits per heavy atom. The molecule has 0 saturated carbocycles. The topological polar surface area (TPSA) is 72.5 Å². The van der Waals surface area contributed by atoms with Gasteiger partial charge < -0.3 is 4.74 Å². The third-order valence-electron chi connectivity index (χ3n) is 2.65. The van der Waals surface area contributed by atoms with E-state index in [-0.39, 0.29) is 23.2 Å². The fraction of sp³-hybridized carbons (Fsp3) is 0.400. The van der Waals surface area contributed by atoms with E-state index < -0.39 is 10.0 Å². The van der Waals surface area contributed by atoms with Crippen LogP contribution in [0.2, 0.25) is 5.02 Å². The van der Waals surface area contributed by atoms with Crippen molar-refractivity contribution in [3.8, 4) is 0 Å². The molecule has 0 aliphatic heterocycles. The number of halogens is 1. The van der Waals surface area contributed by atoms with Crippen LogP contribution >= 0.6 is 11.6 Å². The summed E-state index contributed by atoms with van der Waals surface area (Å²) in [6, 6.07) is 4.46. The molecule has 1 aromatic rings. The number of carbonyl (C=O) groups excluding carboxylic acids is 1. The van der Waals surface area contributed by atoms with Crippen molar-refractivity contribution in [2.75, 3.05) is 13.7 Å². The van der Waals surface area contributed by atoms with Crippen molar-refractivity contribution in [2.24, 2.45) is 5.92 Å². The smallest absolute Gasteiger partial charge is 0.309 e. The minimum absolute atomic E-state index is 0.0736. The number of nitrogens with one attached hydrogen (secondary N) is 1. The fourth-order valence-corrected chi connectivity index (χ4v) is 2.68. The van der Waals surface area contributed by atoms with Crippen LogP contribution < -0.4 is 4.72 Å². The average Bonchev–Trinajstić information content (AvgIpc) is 2.44. The first-order chi connectivity index (χ1) is 10.2. The van der Waals surface area contributed by atoms with E-state index in [0.717, 1.165) is 0 Å². The lowest BCUT2D eigenvalue weighted by Crippen LogP contribution is -2.18. The molecule has 0 radical (unpaired) electrons. The van der Waals surface area contributed by atoms with Crippen molar-refractivity contribution >= 4 is 33.7 Å². The van der Waals surface area contributed by atoms with E-state index >= 15 is 0 Å². The van der Waals surface area contributed by atoms with Gasteiger partial charge in [0.15, 0.2) is 0 Å². The van der Waals surface area contributed by atoms with Crippen molar-refractivity contribution in [1.82, 2.24) is 4.72 Å². The molecule has 7 heteroatoms. The van der Waals surface area contributed by atoms with Gasteiger partial charge in [0, 0.05) is 5.02 Å². The van der Waals surface area contributed by atoms with Crippen LogP contribution in [0.15, 0.2) is 29.2 Å². The first-order valence-corrected chi connectivity index (χ1v) is 8.67. The van der Waals surface area contributed by atoms with Crippen LogP contribution in [0.1, 0.15) is 25.8 Å². The van der Waals surface area contributed by atoms with Gasteiger partial charge in [-0.15, -0.1) is 0 Å². The number of rotatable bonds is 7. The highest BCUT2D eigenvalue weighted by atomic mass is 35.5. The van der Waals surface area contributed by atoms with Crippen LogP contribution in [0.4, 0.5) is 0 Å². The molecule has 0 saturated heterocycles. The van der Waals surface area contributed by atoms with E-state index in [9.17, 15) is 13.2 Å². The molecule has 0 bridgehead atoms. The molecule has 0 aromatic heterocycles. The normalized spacial score (nSPS) is 12.0. The third kappa shape index (κ3) is 6.17. The molecule has 0 amide bonds. The van der Waals surface area contributed by atoms with Crippen molar-refractivity contribution in [2.45, 2.75) is 25.2 Å². The zero-order chi connectivity index (χ0) is 16.8. The summed E-state index contributed by atoms with van der Waals surface area (Å²) in [5.74, 6) is -0.0368. The Morgan fingerprint density at radius 1 is 1.36 bits per heavy atom. The summed E-state index contributed by atoms with van der Waals surface area (Å²) >= 11 is 5.92. The minimum atomic E-state index is -3.56. The lowest BCUT2D eigenvalue weighted by atomic mass is 10.2. The van der Waals surface area contributed by atoms with E-state index in [4.69, 9.17) is 16.3 Å². The summed E-state index contributed by atoms with van der Waals surface area (Å²) in [6.45, 7) is 4.30. The Bertz CT molecular complexity index is 654. The second kappa shape index (κ2) is 8.31. The van der Waals surface area contributed by atoms with Gasteiger partial charge in [-0.05, 0) is 36.7 Å². The quantitative estimate of drug-likeness (QED) is 0.771. The number of esters is 1. The number of benzene rings is 1. The van der Waals surface area contributed by atoms with Crippen molar-refractivity contribution in [1.29, 1.82) is 0 Å². The fourth-order valence-electron chi connectivity index (χ4n) is 1.56. The van der Waals surface area contributed by atoms with Crippen LogP contribution in [0.5, 0.6) is 0 Å². The largest absolute Gasteiger partial charge is 0.465 e.